The van der Waals surface area contributed by atoms with Gasteiger partial charge in [0, 0.05) is 17.5 Å². The number of aromatic nitrogens is 6. The summed E-state index contributed by atoms with van der Waals surface area (Å²) in [6.07, 6.45) is 3.26. The quantitative estimate of drug-likeness (QED) is 0.463. The van der Waals surface area contributed by atoms with Crippen molar-refractivity contribution in [3.63, 3.8) is 0 Å². The number of nitrogens with zero attached hydrogens (tertiary/aromatic N) is 7. The standard InChI is InChI=1S/C22H21BrN8O/c1-13-9-15-10-14(4-6-17(15)27-20(13)24)22(32)30(11-16-5-7-19(23)29-28-16)18-3-2-8-31-21(18)25-12-26-31/h4-7,9-10,12,18H,2-3,8,11H2,1H3,(H2,24,27)/t18-/m1/s1. The fourth-order valence-corrected chi connectivity index (χ4v) is 4.30. The number of hydrogen-bond acceptors (Lipinski definition) is 7. The maximum atomic E-state index is 13.8. The van der Waals surface area contributed by atoms with Crippen molar-refractivity contribution >= 4 is 38.6 Å². The van der Waals surface area contributed by atoms with Crippen LogP contribution in [0.5, 0.6) is 0 Å². The maximum Gasteiger partial charge on any atom is 0.254 e. The van der Waals surface area contributed by atoms with Crippen LogP contribution in [0.4, 0.5) is 5.82 Å². The van der Waals surface area contributed by atoms with Gasteiger partial charge in [-0.1, -0.05) is 0 Å². The number of anilines is 1. The van der Waals surface area contributed by atoms with E-state index in [4.69, 9.17) is 5.73 Å². The molecule has 10 heteroatoms. The topological polar surface area (TPSA) is 116 Å². The number of benzene rings is 1. The number of aryl methyl sites for hydroxylation is 2. The highest BCUT2D eigenvalue weighted by molar-refractivity contribution is 9.10. The Hall–Kier alpha value is -3.40. The molecule has 1 amide bonds. The third-order valence-corrected chi connectivity index (χ3v) is 6.16. The van der Waals surface area contributed by atoms with E-state index in [2.05, 4.69) is 41.2 Å². The average molecular weight is 493 g/mol. The van der Waals surface area contributed by atoms with Gasteiger partial charge in [-0.25, -0.2) is 14.6 Å². The van der Waals surface area contributed by atoms with Crippen molar-refractivity contribution in [2.24, 2.45) is 0 Å². The summed E-state index contributed by atoms with van der Waals surface area (Å²) in [4.78, 5) is 24.5. The molecular formula is C22H21BrN8O. The molecule has 0 saturated heterocycles. The van der Waals surface area contributed by atoms with Gasteiger partial charge in [-0.3, -0.25) is 4.79 Å². The molecule has 32 heavy (non-hydrogen) atoms. The second-order valence-electron chi connectivity index (χ2n) is 7.88. The molecule has 0 saturated carbocycles. The minimum atomic E-state index is -0.203. The third-order valence-electron chi connectivity index (χ3n) is 5.74. The number of nitrogens with two attached hydrogens (primary N) is 1. The molecule has 0 unspecified atom stereocenters. The molecule has 1 aliphatic rings. The molecule has 1 aliphatic heterocycles. The van der Waals surface area contributed by atoms with E-state index < -0.39 is 0 Å². The first kappa shape index (κ1) is 20.5. The van der Waals surface area contributed by atoms with Crippen molar-refractivity contribution in [3.8, 4) is 0 Å². The number of fused-ring (bicyclic) bond motifs is 2. The van der Waals surface area contributed by atoms with Gasteiger partial charge < -0.3 is 10.6 Å². The summed E-state index contributed by atoms with van der Waals surface area (Å²) in [5, 5.41) is 13.5. The van der Waals surface area contributed by atoms with Gasteiger partial charge in [0.25, 0.3) is 5.91 Å². The van der Waals surface area contributed by atoms with Gasteiger partial charge in [0.1, 0.15) is 22.6 Å². The van der Waals surface area contributed by atoms with Crippen LogP contribution < -0.4 is 5.73 Å². The molecule has 2 N–H and O–H groups in total. The summed E-state index contributed by atoms with van der Waals surface area (Å²) in [6, 6.07) is 10.9. The number of pyridine rings is 1. The summed E-state index contributed by atoms with van der Waals surface area (Å²) in [7, 11) is 0. The fourth-order valence-electron chi connectivity index (χ4n) is 4.08. The van der Waals surface area contributed by atoms with Crippen molar-refractivity contribution in [1.82, 2.24) is 34.8 Å². The van der Waals surface area contributed by atoms with Crippen LogP contribution >= 0.6 is 15.9 Å². The van der Waals surface area contributed by atoms with Crippen LogP contribution in [0, 0.1) is 6.92 Å². The lowest BCUT2D eigenvalue weighted by atomic mass is 10.0. The molecule has 3 aromatic heterocycles. The van der Waals surface area contributed by atoms with Crippen LogP contribution in [-0.2, 0) is 13.1 Å². The molecule has 5 rings (SSSR count). The molecular weight excluding hydrogens is 472 g/mol. The number of nitrogen functional groups attached to an aromatic ring is 1. The Morgan fingerprint density at radius 2 is 2.12 bits per heavy atom. The molecule has 4 heterocycles. The highest BCUT2D eigenvalue weighted by Crippen LogP contribution is 2.31. The van der Waals surface area contributed by atoms with Crippen LogP contribution in [0.3, 0.4) is 0 Å². The van der Waals surface area contributed by atoms with Crippen molar-refractivity contribution in [2.75, 3.05) is 5.73 Å². The smallest absolute Gasteiger partial charge is 0.254 e. The molecule has 0 bridgehead atoms. The van der Waals surface area contributed by atoms with Gasteiger partial charge >= 0.3 is 0 Å². The highest BCUT2D eigenvalue weighted by Gasteiger charge is 2.32. The predicted molar refractivity (Wildman–Crippen MR) is 122 cm³/mol. The Morgan fingerprint density at radius 1 is 1.25 bits per heavy atom. The Kier molecular flexibility index (Phi) is 5.30. The minimum Gasteiger partial charge on any atom is -0.383 e. The van der Waals surface area contributed by atoms with E-state index in [1.165, 1.54) is 0 Å². The summed E-state index contributed by atoms with van der Waals surface area (Å²) in [5.74, 6) is 1.18. The number of carbonyl (C=O) groups is 1. The van der Waals surface area contributed by atoms with Crippen LogP contribution in [0.2, 0.25) is 0 Å². The van der Waals surface area contributed by atoms with E-state index >= 15 is 0 Å². The number of amides is 1. The third kappa shape index (κ3) is 3.81. The minimum absolute atomic E-state index is 0.104. The van der Waals surface area contributed by atoms with Gasteiger partial charge in [-0.15, -0.1) is 5.10 Å². The Bertz CT molecular complexity index is 1300. The zero-order chi connectivity index (χ0) is 22.2. The number of halogens is 1. The summed E-state index contributed by atoms with van der Waals surface area (Å²) >= 11 is 3.31. The summed E-state index contributed by atoms with van der Waals surface area (Å²) in [5.41, 5.74) is 8.85. The lowest BCUT2D eigenvalue weighted by molar-refractivity contribution is 0.0607. The maximum absolute atomic E-state index is 13.8. The second kappa shape index (κ2) is 8.27. The van der Waals surface area contributed by atoms with Gasteiger partial charge in [-0.2, -0.15) is 10.2 Å². The molecule has 4 aromatic rings. The van der Waals surface area contributed by atoms with Crippen molar-refractivity contribution < 1.29 is 4.79 Å². The van der Waals surface area contributed by atoms with E-state index in [-0.39, 0.29) is 11.9 Å². The Morgan fingerprint density at radius 3 is 2.94 bits per heavy atom. The van der Waals surface area contributed by atoms with E-state index in [0.29, 0.717) is 28.2 Å². The Balaban J connectivity index is 1.55. The molecule has 0 spiro atoms. The first-order chi connectivity index (χ1) is 15.5. The largest absolute Gasteiger partial charge is 0.383 e. The molecule has 162 valence electrons. The summed E-state index contributed by atoms with van der Waals surface area (Å²) in [6.45, 7) is 3.02. The molecule has 1 atom stereocenters. The van der Waals surface area contributed by atoms with Crippen LogP contribution in [-0.4, -0.2) is 40.8 Å². The number of rotatable bonds is 4. The fraction of sp³-hybridized carbons (Fsp3) is 0.273. The average Bonchev–Trinajstić information content (AvgIpc) is 3.28. The van der Waals surface area contributed by atoms with E-state index in [9.17, 15) is 4.79 Å². The van der Waals surface area contributed by atoms with Crippen molar-refractivity contribution in [2.45, 2.75) is 38.9 Å². The number of carbonyl (C=O) groups excluding carboxylic acids is 1. The number of hydrogen-bond donors (Lipinski definition) is 1. The monoisotopic (exact) mass is 492 g/mol. The zero-order valence-electron chi connectivity index (χ0n) is 17.4. The molecule has 1 aromatic carbocycles. The van der Waals surface area contributed by atoms with Crippen LogP contribution in [0.15, 0.2) is 47.3 Å². The highest BCUT2D eigenvalue weighted by atomic mass is 79.9. The SMILES string of the molecule is Cc1cc2cc(C(=O)N(Cc3ccc(Br)nn3)[C@@H]3CCCn4ncnc43)ccc2nc1N. The van der Waals surface area contributed by atoms with Gasteiger partial charge in [0.05, 0.1) is 23.8 Å². The van der Waals surface area contributed by atoms with E-state index in [1.807, 2.05) is 46.8 Å². The lowest BCUT2D eigenvalue weighted by Crippen LogP contribution is -2.38. The van der Waals surface area contributed by atoms with Crippen molar-refractivity contribution in [1.29, 1.82) is 0 Å². The van der Waals surface area contributed by atoms with E-state index in [0.717, 1.165) is 41.7 Å². The zero-order valence-corrected chi connectivity index (χ0v) is 19.0. The van der Waals surface area contributed by atoms with Crippen molar-refractivity contribution in [3.05, 3.63) is 70.0 Å². The molecule has 0 fully saturated rings. The molecule has 9 nitrogen and oxygen atoms in total. The first-order valence-electron chi connectivity index (χ1n) is 10.3. The Labute approximate surface area is 192 Å². The molecule has 0 aliphatic carbocycles. The van der Waals surface area contributed by atoms with Crippen LogP contribution in [0.1, 0.15) is 46.3 Å². The first-order valence-corrected chi connectivity index (χ1v) is 11.1. The lowest BCUT2D eigenvalue weighted by Gasteiger charge is -2.33. The molecule has 0 radical (unpaired) electrons. The second-order valence-corrected chi connectivity index (χ2v) is 8.69. The van der Waals surface area contributed by atoms with Crippen LogP contribution in [0.25, 0.3) is 10.9 Å². The van der Waals surface area contributed by atoms with Gasteiger partial charge in [0.15, 0.2) is 0 Å². The van der Waals surface area contributed by atoms with E-state index in [1.54, 1.807) is 12.4 Å². The normalized spacial score (nSPS) is 15.5. The van der Waals surface area contributed by atoms with Gasteiger partial charge in [-0.05, 0) is 77.7 Å². The predicted octanol–water partition coefficient (Wildman–Crippen LogP) is 3.45. The van der Waals surface area contributed by atoms with Gasteiger partial charge in [0.2, 0.25) is 0 Å². The summed E-state index contributed by atoms with van der Waals surface area (Å²) < 4.78 is 2.52.